The highest BCUT2D eigenvalue weighted by Crippen LogP contribution is 2.19. The molecule has 20 heavy (non-hydrogen) atoms. The molecule has 0 aromatic heterocycles. The van der Waals surface area contributed by atoms with Crippen molar-refractivity contribution in [1.82, 2.24) is 15.1 Å². The van der Waals surface area contributed by atoms with Gasteiger partial charge in [0, 0.05) is 38.8 Å². The van der Waals surface area contributed by atoms with Gasteiger partial charge in [-0.1, -0.05) is 24.3 Å². The minimum absolute atomic E-state index is 0.819. The van der Waals surface area contributed by atoms with Gasteiger partial charge in [-0.3, -0.25) is 4.90 Å². The van der Waals surface area contributed by atoms with Crippen LogP contribution >= 0.6 is 0 Å². The number of rotatable bonds is 6. The van der Waals surface area contributed by atoms with E-state index in [2.05, 4.69) is 46.4 Å². The Morgan fingerprint density at radius 3 is 2.45 bits per heavy atom. The maximum absolute atomic E-state index is 3.62. The summed E-state index contributed by atoms with van der Waals surface area (Å²) >= 11 is 0. The highest BCUT2D eigenvalue weighted by atomic mass is 15.2. The third-order valence-electron chi connectivity index (χ3n) is 4.51. The van der Waals surface area contributed by atoms with Crippen molar-refractivity contribution in [1.29, 1.82) is 0 Å². The number of piperazine rings is 1. The molecule has 1 aromatic rings. The van der Waals surface area contributed by atoms with Gasteiger partial charge in [0.1, 0.15) is 0 Å². The predicted octanol–water partition coefficient (Wildman–Crippen LogP) is 1.73. The molecule has 1 saturated carbocycles. The number of hydrogen-bond donors (Lipinski definition) is 1. The van der Waals surface area contributed by atoms with E-state index in [-0.39, 0.29) is 0 Å². The summed E-state index contributed by atoms with van der Waals surface area (Å²) in [6.45, 7) is 7.05. The lowest BCUT2D eigenvalue weighted by molar-refractivity contribution is 0.148. The van der Waals surface area contributed by atoms with Crippen LogP contribution in [0.1, 0.15) is 24.0 Å². The van der Waals surface area contributed by atoms with Gasteiger partial charge in [-0.2, -0.15) is 0 Å². The molecule has 3 rings (SSSR count). The van der Waals surface area contributed by atoms with Crippen LogP contribution in [0.4, 0.5) is 0 Å². The second-order valence-corrected chi connectivity index (χ2v) is 6.33. The number of likely N-dealkylation sites (N-methyl/N-ethyl adjacent to an activating group) is 1. The fraction of sp³-hybridized carbons (Fsp3) is 0.647. The highest BCUT2D eigenvalue weighted by Gasteiger charge is 2.20. The van der Waals surface area contributed by atoms with Crippen LogP contribution in [0, 0.1) is 0 Å². The lowest BCUT2D eigenvalue weighted by atomic mass is 10.0. The molecule has 110 valence electrons. The van der Waals surface area contributed by atoms with E-state index in [1.165, 1.54) is 56.6 Å². The van der Waals surface area contributed by atoms with Crippen LogP contribution in [-0.4, -0.2) is 55.6 Å². The summed E-state index contributed by atoms with van der Waals surface area (Å²) in [7, 11) is 2.22. The van der Waals surface area contributed by atoms with Crippen molar-refractivity contribution in [2.24, 2.45) is 0 Å². The molecule has 3 nitrogen and oxygen atoms in total. The highest BCUT2D eigenvalue weighted by molar-refractivity contribution is 5.27. The van der Waals surface area contributed by atoms with Gasteiger partial charge in [0.25, 0.3) is 0 Å². The number of hydrogen-bond acceptors (Lipinski definition) is 3. The van der Waals surface area contributed by atoms with Crippen molar-refractivity contribution < 1.29 is 0 Å². The van der Waals surface area contributed by atoms with E-state index >= 15 is 0 Å². The molecule has 0 spiro atoms. The SMILES string of the molecule is CN1CCN(Cc2ccccc2CCNC2CC2)CC1. The molecule has 1 aromatic carbocycles. The first kappa shape index (κ1) is 14.1. The minimum atomic E-state index is 0.819. The average Bonchev–Trinajstić information content (AvgIpc) is 3.27. The third-order valence-corrected chi connectivity index (χ3v) is 4.51. The zero-order valence-electron chi connectivity index (χ0n) is 12.6. The van der Waals surface area contributed by atoms with Crippen LogP contribution in [0.2, 0.25) is 0 Å². The van der Waals surface area contributed by atoms with Crippen molar-refractivity contribution in [2.75, 3.05) is 39.8 Å². The molecular formula is C17H27N3. The smallest absolute Gasteiger partial charge is 0.0237 e. The van der Waals surface area contributed by atoms with Gasteiger partial charge in [0.2, 0.25) is 0 Å². The van der Waals surface area contributed by atoms with E-state index in [0.29, 0.717) is 0 Å². The fourth-order valence-corrected chi connectivity index (χ4v) is 2.90. The predicted molar refractivity (Wildman–Crippen MR) is 83.9 cm³/mol. The zero-order chi connectivity index (χ0) is 13.8. The quantitative estimate of drug-likeness (QED) is 0.851. The Morgan fingerprint density at radius 2 is 1.75 bits per heavy atom. The minimum Gasteiger partial charge on any atom is -0.314 e. The van der Waals surface area contributed by atoms with E-state index in [1.54, 1.807) is 0 Å². The van der Waals surface area contributed by atoms with Crippen LogP contribution < -0.4 is 5.32 Å². The molecule has 3 heteroatoms. The lowest BCUT2D eigenvalue weighted by Crippen LogP contribution is -2.44. The van der Waals surface area contributed by atoms with Gasteiger partial charge in [-0.15, -0.1) is 0 Å². The Kier molecular flexibility index (Phi) is 4.71. The fourth-order valence-electron chi connectivity index (χ4n) is 2.90. The molecule has 2 aliphatic rings. The molecule has 1 N–H and O–H groups in total. The molecular weight excluding hydrogens is 246 g/mol. The summed E-state index contributed by atoms with van der Waals surface area (Å²) in [5.74, 6) is 0. The Balaban J connectivity index is 1.54. The van der Waals surface area contributed by atoms with E-state index in [1.807, 2.05) is 0 Å². The van der Waals surface area contributed by atoms with Gasteiger partial charge >= 0.3 is 0 Å². The summed E-state index contributed by atoms with van der Waals surface area (Å²) in [4.78, 5) is 5.01. The average molecular weight is 273 g/mol. The van der Waals surface area contributed by atoms with E-state index in [9.17, 15) is 0 Å². The molecule has 0 unspecified atom stereocenters. The largest absolute Gasteiger partial charge is 0.314 e. The van der Waals surface area contributed by atoms with Crippen molar-refractivity contribution in [3.63, 3.8) is 0 Å². The van der Waals surface area contributed by atoms with E-state index in [0.717, 1.165) is 19.1 Å². The maximum atomic E-state index is 3.62. The van der Waals surface area contributed by atoms with Crippen LogP contribution in [0.15, 0.2) is 24.3 Å². The third kappa shape index (κ3) is 4.05. The first-order chi connectivity index (χ1) is 9.81. The van der Waals surface area contributed by atoms with Crippen molar-refractivity contribution in [3.05, 3.63) is 35.4 Å². The van der Waals surface area contributed by atoms with Gasteiger partial charge in [-0.05, 0) is 44.0 Å². The van der Waals surface area contributed by atoms with Gasteiger partial charge in [0.05, 0.1) is 0 Å². The summed E-state index contributed by atoms with van der Waals surface area (Å²) in [5, 5.41) is 3.62. The van der Waals surface area contributed by atoms with Gasteiger partial charge in [0.15, 0.2) is 0 Å². The standard InChI is InChI=1S/C17H27N3/c1-19-10-12-20(13-11-19)14-16-5-3-2-4-15(16)8-9-18-17-6-7-17/h2-5,17-18H,6-14H2,1H3. The lowest BCUT2D eigenvalue weighted by Gasteiger charge is -2.32. The molecule has 1 saturated heterocycles. The molecule has 1 aliphatic carbocycles. The Labute approximate surface area is 123 Å². The molecule has 0 radical (unpaired) electrons. The van der Waals surface area contributed by atoms with Crippen LogP contribution in [0.5, 0.6) is 0 Å². The number of nitrogens with zero attached hydrogens (tertiary/aromatic N) is 2. The van der Waals surface area contributed by atoms with Crippen molar-refractivity contribution in [3.8, 4) is 0 Å². The summed E-state index contributed by atoms with van der Waals surface area (Å²) in [5.41, 5.74) is 3.05. The van der Waals surface area contributed by atoms with E-state index < -0.39 is 0 Å². The van der Waals surface area contributed by atoms with Crippen molar-refractivity contribution in [2.45, 2.75) is 31.8 Å². The van der Waals surface area contributed by atoms with Gasteiger partial charge in [-0.25, -0.2) is 0 Å². The normalized spacial score (nSPS) is 21.2. The second-order valence-electron chi connectivity index (χ2n) is 6.33. The second kappa shape index (κ2) is 6.70. The van der Waals surface area contributed by atoms with E-state index in [4.69, 9.17) is 0 Å². The van der Waals surface area contributed by atoms with Crippen LogP contribution in [-0.2, 0) is 13.0 Å². The molecule has 1 heterocycles. The number of nitrogens with one attached hydrogen (secondary N) is 1. The Hall–Kier alpha value is -0.900. The Morgan fingerprint density at radius 1 is 1.05 bits per heavy atom. The maximum Gasteiger partial charge on any atom is 0.0237 e. The zero-order valence-corrected chi connectivity index (χ0v) is 12.6. The molecule has 1 aliphatic heterocycles. The van der Waals surface area contributed by atoms with Crippen molar-refractivity contribution >= 4 is 0 Å². The summed E-state index contributed by atoms with van der Waals surface area (Å²) in [6.07, 6.45) is 3.92. The van der Waals surface area contributed by atoms with Gasteiger partial charge < -0.3 is 10.2 Å². The summed E-state index contributed by atoms with van der Waals surface area (Å²) < 4.78 is 0. The first-order valence-electron chi connectivity index (χ1n) is 8.02. The molecule has 0 amide bonds. The first-order valence-corrected chi connectivity index (χ1v) is 8.02. The molecule has 2 fully saturated rings. The monoisotopic (exact) mass is 273 g/mol. The summed E-state index contributed by atoms with van der Waals surface area (Å²) in [6, 6.07) is 9.80. The molecule has 0 bridgehead atoms. The Bertz CT molecular complexity index is 420. The van der Waals surface area contributed by atoms with Crippen LogP contribution in [0.3, 0.4) is 0 Å². The molecule has 0 atom stereocenters. The topological polar surface area (TPSA) is 18.5 Å². The van der Waals surface area contributed by atoms with Crippen LogP contribution in [0.25, 0.3) is 0 Å². The number of benzene rings is 1.